The van der Waals surface area contributed by atoms with Crippen molar-refractivity contribution in [2.75, 3.05) is 32.8 Å². The molecular weight excluding hydrogens is 442 g/mol. The molecule has 4 rings (SSSR count). The van der Waals surface area contributed by atoms with E-state index in [0.717, 1.165) is 5.56 Å². The lowest BCUT2D eigenvalue weighted by Gasteiger charge is -2.34. The summed E-state index contributed by atoms with van der Waals surface area (Å²) in [6.07, 6.45) is 3.46. The van der Waals surface area contributed by atoms with Crippen LogP contribution in [0.4, 0.5) is 0 Å². The number of aromatic nitrogens is 1. The molecule has 0 spiro atoms. The van der Waals surface area contributed by atoms with Gasteiger partial charge in [0.05, 0.1) is 0 Å². The molecule has 0 saturated carbocycles. The number of piperazine rings is 1. The van der Waals surface area contributed by atoms with E-state index in [4.69, 9.17) is 21.1 Å². The molecule has 3 aromatic rings. The first-order chi connectivity index (χ1) is 16.1. The number of rotatable bonds is 7. The minimum Gasteiger partial charge on any atom is -0.489 e. The summed E-state index contributed by atoms with van der Waals surface area (Å²) in [4.78, 5) is 33.0. The first-order valence-corrected chi connectivity index (χ1v) is 11.0. The van der Waals surface area contributed by atoms with Crippen molar-refractivity contribution < 1.29 is 19.1 Å². The molecule has 7 nitrogen and oxygen atoms in total. The van der Waals surface area contributed by atoms with Crippen LogP contribution in [0.3, 0.4) is 0 Å². The molecule has 170 valence electrons. The molecular formula is C25H24ClN3O4. The molecule has 33 heavy (non-hydrogen) atoms. The highest BCUT2D eigenvalue weighted by Crippen LogP contribution is 2.18. The maximum Gasteiger partial charge on any atom is 0.260 e. The minimum absolute atomic E-state index is 0.0497. The third-order valence-electron chi connectivity index (χ3n) is 5.30. The van der Waals surface area contributed by atoms with Crippen LogP contribution in [0.5, 0.6) is 11.5 Å². The highest BCUT2D eigenvalue weighted by molar-refractivity contribution is 6.30. The Morgan fingerprint density at radius 2 is 1.64 bits per heavy atom. The van der Waals surface area contributed by atoms with E-state index >= 15 is 0 Å². The average Bonchev–Trinajstić information content (AvgIpc) is 2.87. The van der Waals surface area contributed by atoms with Crippen molar-refractivity contribution >= 4 is 23.4 Å². The van der Waals surface area contributed by atoms with Gasteiger partial charge in [0.25, 0.3) is 11.8 Å². The third kappa shape index (κ3) is 6.23. The number of benzene rings is 2. The van der Waals surface area contributed by atoms with Crippen molar-refractivity contribution in [3.63, 3.8) is 0 Å². The molecule has 2 heterocycles. The molecule has 0 radical (unpaired) electrons. The lowest BCUT2D eigenvalue weighted by Crippen LogP contribution is -2.51. The number of carbonyl (C=O) groups is 2. The van der Waals surface area contributed by atoms with Crippen molar-refractivity contribution in [3.05, 3.63) is 89.2 Å². The van der Waals surface area contributed by atoms with Gasteiger partial charge in [-0.25, -0.2) is 0 Å². The summed E-state index contributed by atoms with van der Waals surface area (Å²) in [6, 6.07) is 17.8. The van der Waals surface area contributed by atoms with Gasteiger partial charge >= 0.3 is 0 Å². The summed E-state index contributed by atoms with van der Waals surface area (Å²) in [5, 5.41) is 0.611. The zero-order valence-electron chi connectivity index (χ0n) is 18.0. The summed E-state index contributed by atoms with van der Waals surface area (Å²) < 4.78 is 11.3. The molecule has 0 bridgehead atoms. The fraction of sp³-hybridized carbons (Fsp3) is 0.240. The number of nitrogens with zero attached hydrogens (tertiary/aromatic N) is 3. The second-order valence-corrected chi connectivity index (χ2v) is 8.03. The smallest absolute Gasteiger partial charge is 0.260 e. The van der Waals surface area contributed by atoms with E-state index in [1.807, 2.05) is 18.2 Å². The van der Waals surface area contributed by atoms with Crippen LogP contribution in [0.1, 0.15) is 15.9 Å². The normalized spacial score (nSPS) is 13.5. The van der Waals surface area contributed by atoms with Gasteiger partial charge in [-0.05, 0) is 48.5 Å². The van der Waals surface area contributed by atoms with Crippen LogP contribution >= 0.6 is 11.6 Å². The standard InChI is InChI=1S/C25H24ClN3O4/c26-21-6-8-22(9-7-21)33-18-24(30)28-11-13-29(14-12-28)25(31)20-4-1-5-23(15-20)32-17-19-3-2-10-27-16-19/h1-10,15-16H,11-14,17-18H2. The number of pyridine rings is 1. The largest absolute Gasteiger partial charge is 0.489 e. The maximum absolute atomic E-state index is 13.0. The number of hydrogen-bond acceptors (Lipinski definition) is 5. The van der Waals surface area contributed by atoms with Crippen molar-refractivity contribution in [1.29, 1.82) is 0 Å². The van der Waals surface area contributed by atoms with E-state index in [1.54, 1.807) is 64.7 Å². The van der Waals surface area contributed by atoms with Crippen LogP contribution in [0, 0.1) is 0 Å². The van der Waals surface area contributed by atoms with Crippen LogP contribution in [-0.4, -0.2) is 59.4 Å². The molecule has 1 aliphatic heterocycles. The minimum atomic E-state index is -0.108. The summed E-state index contributed by atoms with van der Waals surface area (Å²) in [6.45, 7) is 2.19. The second-order valence-electron chi connectivity index (χ2n) is 7.59. The Balaban J connectivity index is 1.26. The van der Waals surface area contributed by atoms with E-state index in [9.17, 15) is 9.59 Å². The molecule has 0 atom stereocenters. The molecule has 1 aliphatic rings. The number of ether oxygens (including phenoxy) is 2. The highest BCUT2D eigenvalue weighted by Gasteiger charge is 2.25. The van der Waals surface area contributed by atoms with Crippen molar-refractivity contribution in [1.82, 2.24) is 14.8 Å². The van der Waals surface area contributed by atoms with Crippen molar-refractivity contribution in [2.45, 2.75) is 6.61 Å². The number of carbonyl (C=O) groups excluding carboxylic acids is 2. The van der Waals surface area contributed by atoms with Crippen LogP contribution in [0.25, 0.3) is 0 Å². The third-order valence-corrected chi connectivity index (χ3v) is 5.56. The number of halogens is 1. The predicted molar refractivity (Wildman–Crippen MR) is 124 cm³/mol. The van der Waals surface area contributed by atoms with Gasteiger partial charge in [-0.2, -0.15) is 0 Å². The maximum atomic E-state index is 13.0. The van der Waals surface area contributed by atoms with E-state index in [0.29, 0.717) is 54.9 Å². The van der Waals surface area contributed by atoms with E-state index in [1.165, 1.54) is 0 Å². The van der Waals surface area contributed by atoms with Crippen molar-refractivity contribution in [3.8, 4) is 11.5 Å². The predicted octanol–water partition coefficient (Wildman–Crippen LogP) is 3.68. The Morgan fingerprint density at radius 1 is 0.879 bits per heavy atom. The SMILES string of the molecule is O=C(COc1ccc(Cl)cc1)N1CCN(C(=O)c2cccc(OCc3cccnc3)c2)CC1. The molecule has 1 saturated heterocycles. The summed E-state index contributed by atoms with van der Waals surface area (Å²) in [7, 11) is 0. The summed E-state index contributed by atoms with van der Waals surface area (Å²) in [5.41, 5.74) is 1.51. The quantitative estimate of drug-likeness (QED) is 0.532. The van der Waals surface area contributed by atoms with Crippen LogP contribution in [0.2, 0.25) is 5.02 Å². The first kappa shape index (κ1) is 22.6. The second kappa shape index (κ2) is 10.8. The summed E-state index contributed by atoms with van der Waals surface area (Å²) in [5.74, 6) is 1.03. The van der Waals surface area contributed by atoms with Gasteiger partial charge < -0.3 is 19.3 Å². The van der Waals surface area contributed by atoms with Gasteiger partial charge in [0.2, 0.25) is 0 Å². The molecule has 1 aromatic heterocycles. The molecule has 1 fully saturated rings. The van der Waals surface area contributed by atoms with Gasteiger partial charge in [-0.15, -0.1) is 0 Å². The summed E-state index contributed by atoms with van der Waals surface area (Å²) >= 11 is 5.86. The fourth-order valence-electron chi connectivity index (χ4n) is 3.48. The van der Waals surface area contributed by atoms with Gasteiger partial charge in [0, 0.05) is 54.7 Å². The Hall–Kier alpha value is -3.58. The lowest BCUT2D eigenvalue weighted by atomic mass is 10.1. The molecule has 0 N–H and O–H groups in total. The van der Waals surface area contributed by atoms with E-state index in [-0.39, 0.29) is 18.4 Å². The number of amides is 2. The Bertz CT molecular complexity index is 1080. The zero-order chi connectivity index (χ0) is 23.0. The van der Waals surface area contributed by atoms with Crippen LogP contribution < -0.4 is 9.47 Å². The van der Waals surface area contributed by atoms with E-state index < -0.39 is 0 Å². The molecule has 2 amide bonds. The number of hydrogen-bond donors (Lipinski definition) is 0. The Labute approximate surface area is 197 Å². The lowest BCUT2D eigenvalue weighted by molar-refractivity contribution is -0.134. The van der Waals surface area contributed by atoms with Crippen molar-refractivity contribution in [2.24, 2.45) is 0 Å². The fourth-order valence-corrected chi connectivity index (χ4v) is 3.60. The van der Waals surface area contributed by atoms with Gasteiger partial charge in [0.1, 0.15) is 18.1 Å². The molecule has 0 unspecified atom stereocenters. The average molecular weight is 466 g/mol. The van der Waals surface area contributed by atoms with Gasteiger partial charge in [-0.1, -0.05) is 23.7 Å². The monoisotopic (exact) mass is 465 g/mol. The van der Waals surface area contributed by atoms with Gasteiger partial charge in [0.15, 0.2) is 6.61 Å². The Kier molecular flexibility index (Phi) is 7.42. The molecule has 2 aromatic carbocycles. The topological polar surface area (TPSA) is 72.0 Å². The first-order valence-electron chi connectivity index (χ1n) is 10.7. The van der Waals surface area contributed by atoms with E-state index in [2.05, 4.69) is 4.98 Å². The van der Waals surface area contributed by atoms with Crippen LogP contribution in [-0.2, 0) is 11.4 Å². The Morgan fingerprint density at radius 3 is 2.36 bits per heavy atom. The molecule has 0 aliphatic carbocycles. The van der Waals surface area contributed by atoms with Gasteiger partial charge in [-0.3, -0.25) is 14.6 Å². The zero-order valence-corrected chi connectivity index (χ0v) is 18.8. The highest BCUT2D eigenvalue weighted by atomic mass is 35.5. The molecule has 8 heteroatoms. The van der Waals surface area contributed by atoms with Crippen LogP contribution in [0.15, 0.2) is 73.1 Å².